The maximum absolute atomic E-state index is 12.1. The first-order valence-electron chi connectivity index (χ1n) is 6.66. The van der Waals surface area contributed by atoms with Crippen LogP contribution >= 0.6 is 0 Å². The summed E-state index contributed by atoms with van der Waals surface area (Å²) in [7, 11) is 0. The van der Waals surface area contributed by atoms with Crippen molar-refractivity contribution in [2.24, 2.45) is 0 Å². The van der Waals surface area contributed by atoms with E-state index >= 15 is 0 Å². The Kier molecular flexibility index (Phi) is 3.66. The molecule has 0 saturated heterocycles. The van der Waals surface area contributed by atoms with Gasteiger partial charge in [0.05, 0.1) is 24.0 Å². The number of hydrogen-bond acceptors (Lipinski definition) is 3. The quantitative estimate of drug-likeness (QED) is 0.684. The van der Waals surface area contributed by atoms with Crippen LogP contribution < -0.4 is 5.32 Å². The normalized spacial score (nSPS) is 10.7. The van der Waals surface area contributed by atoms with Gasteiger partial charge in [-0.05, 0) is 29.3 Å². The summed E-state index contributed by atoms with van der Waals surface area (Å²) in [5, 5.41) is 12.0. The first-order chi connectivity index (χ1) is 10.3. The Bertz CT molecular complexity index is 780. The SMILES string of the molecule is O=C(NCc1cccc(CO)c1)c1ccc2nc[nH]c2c1. The first kappa shape index (κ1) is 13.3. The van der Waals surface area contributed by atoms with Gasteiger partial charge in [0.25, 0.3) is 5.91 Å². The smallest absolute Gasteiger partial charge is 0.251 e. The molecule has 1 amide bonds. The van der Waals surface area contributed by atoms with Crippen LogP contribution in [0.15, 0.2) is 48.8 Å². The summed E-state index contributed by atoms with van der Waals surface area (Å²) in [6.07, 6.45) is 1.60. The van der Waals surface area contributed by atoms with E-state index in [4.69, 9.17) is 5.11 Å². The van der Waals surface area contributed by atoms with Gasteiger partial charge in [-0.15, -0.1) is 0 Å². The van der Waals surface area contributed by atoms with Crippen molar-refractivity contribution in [3.63, 3.8) is 0 Å². The van der Waals surface area contributed by atoms with Crippen molar-refractivity contribution in [1.29, 1.82) is 0 Å². The maximum atomic E-state index is 12.1. The Morgan fingerprint density at radius 1 is 1.19 bits per heavy atom. The molecule has 0 aliphatic heterocycles. The lowest BCUT2D eigenvalue weighted by Crippen LogP contribution is -2.22. The van der Waals surface area contributed by atoms with E-state index in [1.165, 1.54) is 0 Å². The molecule has 0 unspecified atom stereocenters. The second-order valence-corrected chi connectivity index (χ2v) is 4.80. The van der Waals surface area contributed by atoms with E-state index in [0.29, 0.717) is 12.1 Å². The Labute approximate surface area is 121 Å². The van der Waals surface area contributed by atoms with Crippen LogP contribution in [0.5, 0.6) is 0 Å². The lowest BCUT2D eigenvalue weighted by molar-refractivity contribution is 0.0951. The van der Waals surface area contributed by atoms with Crippen LogP contribution in [0.1, 0.15) is 21.5 Å². The highest BCUT2D eigenvalue weighted by atomic mass is 16.3. The molecule has 0 spiro atoms. The molecule has 0 aliphatic rings. The average Bonchev–Trinajstić information content (AvgIpc) is 3.00. The minimum absolute atomic E-state index is 0.00171. The highest BCUT2D eigenvalue weighted by Crippen LogP contribution is 2.12. The molecule has 106 valence electrons. The summed E-state index contributed by atoms with van der Waals surface area (Å²) in [5.74, 6) is -0.138. The summed E-state index contributed by atoms with van der Waals surface area (Å²) < 4.78 is 0. The van der Waals surface area contributed by atoms with Crippen LogP contribution in [0.25, 0.3) is 11.0 Å². The number of imidazole rings is 1. The molecule has 5 nitrogen and oxygen atoms in total. The van der Waals surface area contributed by atoms with Gasteiger partial charge in [0.15, 0.2) is 0 Å². The van der Waals surface area contributed by atoms with E-state index in [1.807, 2.05) is 30.3 Å². The monoisotopic (exact) mass is 281 g/mol. The largest absolute Gasteiger partial charge is 0.392 e. The molecule has 3 rings (SSSR count). The molecule has 1 heterocycles. The number of aromatic nitrogens is 2. The van der Waals surface area contributed by atoms with E-state index in [2.05, 4.69) is 15.3 Å². The Morgan fingerprint density at radius 3 is 2.90 bits per heavy atom. The highest BCUT2D eigenvalue weighted by Gasteiger charge is 2.07. The fourth-order valence-electron chi connectivity index (χ4n) is 2.20. The fourth-order valence-corrected chi connectivity index (χ4v) is 2.20. The van der Waals surface area contributed by atoms with Crippen LogP contribution in [0, 0.1) is 0 Å². The molecule has 5 heteroatoms. The number of aliphatic hydroxyl groups is 1. The van der Waals surface area contributed by atoms with Gasteiger partial charge in [-0.2, -0.15) is 0 Å². The first-order valence-corrected chi connectivity index (χ1v) is 6.66. The molecule has 3 aromatic rings. The van der Waals surface area contributed by atoms with Crippen LogP contribution in [0.3, 0.4) is 0 Å². The number of carbonyl (C=O) groups excluding carboxylic acids is 1. The number of aliphatic hydroxyl groups excluding tert-OH is 1. The van der Waals surface area contributed by atoms with E-state index in [1.54, 1.807) is 18.5 Å². The Hall–Kier alpha value is -2.66. The lowest BCUT2D eigenvalue weighted by atomic mass is 10.1. The van der Waals surface area contributed by atoms with Crippen molar-refractivity contribution in [2.75, 3.05) is 0 Å². The zero-order valence-electron chi connectivity index (χ0n) is 11.3. The number of fused-ring (bicyclic) bond motifs is 1. The maximum Gasteiger partial charge on any atom is 0.251 e. The minimum atomic E-state index is -0.138. The number of amides is 1. The predicted octanol–water partition coefficient (Wildman–Crippen LogP) is 1.99. The van der Waals surface area contributed by atoms with Gasteiger partial charge in [-0.1, -0.05) is 24.3 Å². The van der Waals surface area contributed by atoms with E-state index in [-0.39, 0.29) is 12.5 Å². The molecule has 3 N–H and O–H groups in total. The van der Waals surface area contributed by atoms with Crippen LogP contribution in [-0.4, -0.2) is 21.0 Å². The summed E-state index contributed by atoms with van der Waals surface area (Å²) >= 11 is 0. The van der Waals surface area contributed by atoms with E-state index in [0.717, 1.165) is 22.2 Å². The van der Waals surface area contributed by atoms with E-state index < -0.39 is 0 Å². The Morgan fingerprint density at radius 2 is 2.05 bits per heavy atom. The lowest BCUT2D eigenvalue weighted by Gasteiger charge is -2.06. The fraction of sp³-hybridized carbons (Fsp3) is 0.125. The summed E-state index contributed by atoms with van der Waals surface area (Å²) in [6, 6.07) is 12.8. The van der Waals surface area contributed by atoms with Gasteiger partial charge in [-0.3, -0.25) is 4.79 Å². The van der Waals surface area contributed by atoms with Crippen molar-refractivity contribution in [3.8, 4) is 0 Å². The van der Waals surface area contributed by atoms with Crippen molar-refractivity contribution < 1.29 is 9.90 Å². The topological polar surface area (TPSA) is 78.0 Å². The van der Waals surface area contributed by atoms with Gasteiger partial charge in [0, 0.05) is 12.1 Å². The molecule has 0 bridgehead atoms. The molecule has 1 aromatic heterocycles. The molecule has 0 aliphatic carbocycles. The van der Waals surface area contributed by atoms with Crippen LogP contribution in [0.2, 0.25) is 0 Å². The van der Waals surface area contributed by atoms with Crippen molar-refractivity contribution in [2.45, 2.75) is 13.2 Å². The highest BCUT2D eigenvalue weighted by molar-refractivity contribution is 5.97. The number of aromatic amines is 1. The second kappa shape index (κ2) is 5.76. The molecular weight excluding hydrogens is 266 g/mol. The molecule has 0 fully saturated rings. The van der Waals surface area contributed by atoms with E-state index in [9.17, 15) is 4.79 Å². The molecule has 0 radical (unpaired) electrons. The number of benzene rings is 2. The summed E-state index contributed by atoms with van der Waals surface area (Å²) in [4.78, 5) is 19.2. The summed E-state index contributed by atoms with van der Waals surface area (Å²) in [6.45, 7) is 0.423. The number of hydrogen-bond donors (Lipinski definition) is 3. The van der Waals surface area contributed by atoms with Crippen LogP contribution in [-0.2, 0) is 13.2 Å². The predicted molar refractivity (Wildman–Crippen MR) is 79.6 cm³/mol. The van der Waals surface area contributed by atoms with Crippen molar-refractivity contribution in [3.05, 3.63) is 65.5 Å². The zero-order valence-corrected chi connectivity index (χ0v) is 11.3. The van der Waals surface area contributed by atoms with Crippen LogP contribution in [0.4, 0.5) is 0 Å². The summed E-state index contributed by atoms with van der Waals surface area (Å²) in [5.41, 5.74) is 4.05. The van der Waals surface area contributed by atoms with Crippen molar-refractivity contribution in [1.82, 2.24) is 15.3 Å². The molecule has 0 atom stereocenters. The van der Waals surface area contributed by atoms with Gasteiger partial charge in [-0.25, -0.2) is 4.98 Å². The number of nitrogens with zero attached hydrogens (tertiary/aromatic N) is 1. The zero-order chi connectivity index (χ0) is 14.7. The third-order valence-corrected chi connectivity index (χ3v) is 3.31. The van der Waals surface area contributed by atoms with Crippen molar-refractivity contribution >= 4 is 16.9 Å². The van der Waals surface area contributed by atoms with Gasteiger partial charge >= 0.3 is 0 Å². The second-order valence-electron chi connectivity index (χ2n) is 4.80. The van der Waals surface area contributed by atoms with Gasteiger partial charge in [0.2, 0.25) is 0 Å². The molecule has 21 heavy (non-hydrogen) atoms. The number of H-pyrrole nitrogens is 1. The average molecular weight is 281 g/mol. The number of rotatable bonds is 4. The van der Waals surface area contributed by atoms with Gasteiger partial charge < -0.3 is 15.4 Å². The third-order valence-electron chi connectivity index (χ3n) is 3.31. The van der Waals surface area contributed by atoms with Gasteiger partial charge in [0.1, 0.15) is 0 Å². The molecular formula is C16H15N3O2. The molecule has 2 aromatic carbocycles. The third kappa shape index (κ3) is 2.93. The standard InChI is InChI=1S/C16H15N3O2/c20-9-12-3-1-2-11(6-12)8-17-16(21)13-4-5-14-15(7-13)19-10-18-14/h1-7,10,20H,8-9H2,(H,17,21)(H,18,19). The minimum Gasteiger partial charge on any atom is -0.392 e. The number of carbonyl (C=O) groups is 1. The number of nitrogens with one attached hydrogen (secondary N) is 2. The molecule has 0 saturated carbocycles. The Balaban J connectivity index is 1.70.